The van der Waals surface area contributed by atoms with Crippen LogP contribution in [0.2, 0.25) is 0 Å². The van der Waals surface area contributed by atoms with Gasteiger partial charge in [-0.1, -0.05) is 11.8 Å². The zero-order valence-corrected chi connectivity index (χ0v) is 11.9. The van der Waals surface area contributed by atoms with Crippen molar-refractivity contribution in [3.8, 4) is 0 Å². The number of hydrogen-bond acceptors (Lipinski definition) is 4. The summed E-state index contributed by atoms with van der Waals surface area (Å²) in [5, 5.41) is 7.35. The van der Waals surface area contributed by atoms with Crippen molar-refractivity contribution < 1.29 is 0 Å². The summed E-state index contributed by atoms with van der Waals surface area (Å²) in [4.78, 5) is 15.7. The van der Waals surface area contributed by atoms with E-state index in [0.29, 0.717) is 6.04 Å². The molecule has 1 fully saturated rings. The van der Waals surface area contributed by atoms with Crippen molar-refractivity contribution in [2.45, 2.75) is 29.8 Å². The first-order chi connectivity index (χ1) is 8.74. The Morgan fingerprint density at radius 2 is 2.33 bits per heavy atom. The molecule has 0 spiro atoms. The molecule has 0 amide bonds. The maximum atomic E-state index is 11.6. The summed E-state index contributed by atoms with van der Waals surface area (Å²) in [6, 6.07) is 2.37. The summed E-state index contributed by atoms with van der Waals surface area (Å²) < 4.78 is 2.72. The minimum absolute atomic E-state index is 0.104. The summed E-state index contributed by atoms with van der Waals surface area (Å²) in [6.07, 6.45) is 5.73. The van der Waals surface area contributed by atoms with Crippen LogP contribution in [0.4, 0.5) is 0 Å². The van der Waals surface area contributed by atoms with Crippen molar-refractivity contribution in [2.75, 3.05) is 0 Å². The van der Waals surface area contributed by atoms with Crippen LogP contribution in [0.5, 0.6) is 0 Å². The number of thioether (sulfide) groups is 1. The summed E-state index contributed by atoms with van der Waals surface area (Å²) in [7, 11) is 0. The van der Waals surface area contributed by atoms with Crippen LogP contribution >= 0.6 is 27.7 Å². The zero-order valence-electron chi connectivity index (χ0n) is 9.47. The first kappa shape index (κ1) is 12.0. The molecule has 2 heterocycles. The molecule has 94 valence electrons. The molecule has 7 heteroatoms. The van der Waals surface area contributed by atoms with Gasteiger partial charge in [-0.15, -0.1) is 5.10 Å². The topological polar surface area (TPSA) is 63.6 Å². The van der Waals surface area contributed by atoms with Crippen LogP contribution in [0.3, 0.4) is 0 Å². The number of nitrogens with zero attached hydrogens (tertiary/aromatic N) is 3. The van der Waals surface area contributed by atoms with Crippen LogP contribution in [-0.2, 0) is 5.75 Å². The van der Waals surface area contributed by atoms with Gasteiger partial charge in [-0.25, -0.2) is 9.89 Å². The van der Waals surface area contributed by atoms with Crippen LogP contribution in [0.1, 0.15) is 24.4 Å². The molecule has 3 rings (SSSR count). The molecule has 1 N–H and O–H groups in total. The Hall–Kier alpha value is -1.08. The number of aromatic nitrogens is 4. The Bertz CT molecular complexity index is 620. The molecule has 0 radical (unpaired) electrons. The Morgan fingerprint density at radius 3 is 3.06 bits per heavy atom. The fraction of sp³-hybridized carbons (Fsp3) is 0.364. The molecule has 18 heavy (non-hydrogen) atoms. The minimum Gasteiger partial charge on any atom is -0.267 e. The number of halogens is 1. The predicted molar refractivity (Wildman–Crippen MR) is 72.6 cm³/mol. The Labute approximate surface area is 116 Å². The minimum atomic E-state index is -0.104. The third-order valence-electron chi connectivity index (χ3n) is 2.71. The number of pyridine rings is 1. The van der Waals surface area contributed by atoms with Gasteiger partial charge in [-0.2, -0.15) is 0 Å². The lowest BCUT2D eigenvalue weighted by Gasteiger charge is -2.03. The zero-order chi connectivity index (χ0) is 12.5. The van der Waals surface area contributed by atoms with E-state index in [2.05, 4.69) is 31.1 Å². The molecule has 0 aromatic carbocycles. The molecule has 2 aromatic rings. The maximum absolute atomic E-state index is 11.6. The first-order valence-corrected chi connectivity index (χ1v) is 7.41. The van der Waals surface area contributed by atoms with Gasteiger partial charge in [0.05, 0.1) is 0 Å². The van der Waals surface area contributed by atoms with Crippen molar-refractivity contribution in [3.63, 3.8) is 0 Å². The first-order valence-electron chi connectivity index (χ1n) is 5.63. The van der Waals surface area contributed by atoms with Crippen molar-refractivity contribution >= 4 is 27.7 Å². The Balaban J connectivity index is 1.75. The van der Waals surface area contributed by atoms with Gasteiger partial charge in [0.25, 0.3) is 0 Å². The highest BCUT2D eigenvalue weighted by molar-refractivity contribution is 9.10. The van der Waals surface area contributed by atoms with Gasteiger partial charge in [-0.05, 0) is 40.4 Å². The smallest absolute Gasteiger partial charge is 0.267 e. The van der Waals surface area contributed by atoms with Gasteiger partial charge < -0.3 is 0 Å². The molecule has 0 aliphatic heterocycles. The lowest BCUT2D eigenvalue weighted by atomic mass is 10.3. The molecule has 1 aliphatic carbocycles. The lowest BCUT2D eigenvalue weighted by Crippen LogP contribution is -2.16. The fourth-order valence-corrected chi connectivity index (χ4v) is 3.08. The van der Waals surface area contributed by atoms with E-state index in [-0.39, 0.29) is 5.69 Å². The van der Waals surface area contributed by atoms with E-state index in [0.717, 1.165) is 33.8 Å². The van der Waals surface area contributed by atoms with E-state index >= 15 is 0 Å². The molecule has 0 atom stereocenters. The Kier molecular flexibility index (Phi) is 3.25. The van der Waals surface area contributed by atoms with Crippen LogP contribution in [-0.4, -0.2) is 19.7 Å². The average molecular weight is 327 g/mol. The van der Waals surface area contributed by atoms with Gasteiger partial charge in [0.15, 0.2) is 5.16 Å². The highest BCUT2D eigenvalue weighted by atomic mass is 79.9. The second kappa shape index (κ2) is 4.89. The maximum Gasteiger partial charge on any atom is 0.344 e. The van der Waals surface area contributed by atoms with E-state index in [1.54, 1.807) is 22.5 Å². The molecule has 0 saturated heterocycles. The highest BCUT2D eigenvalue weighted by Gasteiger charge is 2.28. The quantitative estimate of drug-likeness (QED) is 0.876. The summed E-state index contributed by atoms with van der Waals surface area (Å²) in [6.45, 7) is 0. The molecule has 1 saturated carbocycles. The number of nitrogens with one attached hydrogen (secondary N) is 1. The normalized spacial score (nSPS) is 14.9. The highest BCUT2D eigenvalue weighted by Crippen LogP contribution is 2.36. The van der Waals surface area contributed by atoms with Crippen LogP contribution < -0.4 is 5.69 Å². The summed E-state index contributed by atoms with van der Waals surface area (Å²) in [5.74, 6) is 0.753. The monoisotopic (exact) mass is 326 g/mol. The molecular formula is C11H11BrN4OS. The van der Waals surface area contributed by atoms with Gasteiger partial charge >= 0.3 is 5.69 Å². The van der Waals surface area contributed by atoms with Crippen molar-refractivity contribution in [1.29, 1.82) is 0 Å². The van der Waals surface area contributed by atoms with E-state index < -0.39 is 0 Å². The second-order valence-corrected chi connectivity index (χ2v) is 6.07. The van der Waals surface area contributed by atoms with Crippen molar-refractivity contribution in [2.24, 2.45) is 0 Å². The predicted octanol–water partition coefficient (Wildman–Crippen LogP) is 2.36. The largest absolute Gasteiger partial charge is 0.344 e. The number of aromatic amines is 1. The standard InChI is InChI=1S/C11H11BrN4OS/c12-8-3-7(4-13-5-8)6-18-11-15-14-10(17)16(11)9-1-2-9/h3-5,9H,1-2,6H2,(H,14,17). The van der Waals surface area contributed by atoms with Crippen molar-refractivity contribution in [1.82, 2.24) is 19.7 Å². The fourth-order valence-electron chi connectivity index (χ4n) is 1.73. The number of hydrogen-bond donors (Lipinski definition) is 1. The SMILES string of the molecule is O=c1[nH]nc(SCc2cncc(Br)c2)n1C1CC1. The summed E-state index contributed by atoms with van der Waals surface area (Å²) >= 11 is 4.95. The second-order valence-electron chi connectivity index (χ2n) is 4.21. The molecule has 2 aromatic heterocycles. The number of H-pyrrole nitrogens is 1. The Morgan fingerprint density at radius 1 is 1.50 bits per heavy atom. The van der Waals surface area contributed by atoms with E-state index in [9.17, 15) is 4.79 Å². The van der Waals surface area contributed by atoms with Gasteiger partial charge in [0.1, 0.15) is 0 Å². The molecular weight excluding hydrogens is 316 g/mol. The molecule has 5 nitrogen and oxygen atoms in total. The van der Waals surface area contributed by atoms with E-state index in [4.69, 9.17) is 0 Å². The lowest BCUT2D eigenvalue weighted by molar-refractivity contribution is 0.642. The van der Waals surface area contributed by atoms with Gasteiger partial charge in [0, 0.05) is 28.7 Å². The van der Waals surface area contributed by atoms with Gasteiger partial charge in [0.2, 0.25) is 0 Å². The number of rotatable bonds is 4. The van der Waals surface area contributed by atoms with Crippen molar-refractivity contribution in [3.05, 3.63) is 39.0 Å². The van der Waals surface area contributed by atoms with Crippen LogP contribution in [0.25, 0.3) is 0 Å². The average Bonchev–Trinajstić information content (AvgIpc) is 3.11. The van der Waals surface area contributed by atoms with E-state index in [1.807, 2.05) is 12.3 Å². The molecule has 0 unspecified atom stereocenters. The van der Waals surface area contributed by atoms with Crippen LogP contribution in [0.15, 0.2) is 32.9 Å². The third-order valence-corrected chi connectivity index (χ3v) is 4.17. The van der Waals surface area contributed by atoms with Crippen LogP contribution in [0, 0.1) is 0 Å². The third kappa shape index (κ3) is 2.51. The molecule has 1 aliphatic rings. The van der Waals surface area contributed by atoms with E-state index in [1.165, 1.54) is 0 Å². The van der Waals surface area contributed by atoms with Gasteiger partial charge in [-0.3, -0.25) is 9.55 Å². The summed E-state index contributed by atoms with van der Waals surface area (Å²) in [5.41, 5.74) is 1.000. The molecule has 0 bridgehead atoms.